The number of aryl methyl sites for hydroxylation is 2. The molecule has 1 aliphatic carbocycles. The summed E-state index contributed by atoms with van der Waals surface area (Å²) in [6.45, 7) is 4.29. The molecule has 0 aromatic carbocycles. The van der Waals surface area contributed by atoms with Crippen molar-refractivity contribution in [2.24, 2.45) is 11.3 Å². The lowest BCUT2D eigenvalue weighted by atomic mass is 9.79. The predicted octanol–water partition coefficient (Wildman–Crippen LogP) is 2.94. The fourth-order valence-electron chi connectivity index (χ4n) is 4.90. The molecular weight excluding hydrogens is 422 g/mol. The monoisotopic (exact) mass is 459 g/mol. The van der Waals surface area contributed by atoms with E-state index in [1.54, 1.807) is 0 Å². The van der Waals surface area contributed by atoms with Gasteiger partial charge >= 0.3 is 5.97 Å². The molecule has 2 fully saturated rings. The third-order valence-corrected chi connectivity index (χ3v) is 7.46. The van der Waals surface area contributed by atoms with Crippen molar-refractivity contribution in [1.82, 2.24) is 10.3 Å². The predicted molar refractivity (Wildman–Crippen MR) is 124 cm³/mol. The molecule has 3 N–H and O–H groups in total. The number of pyridine rings is 1. The van der Waals surface area contributed by atoms with Crippen LogP contribution in [0.2, 0.25) is 0 Å². The number of carboxylic acid groups (broad SMARTS) is 1. The van der Waals surface area contributed by atoms with Gasteiger partial charge in [0.2, 0.25) is 5.91 Å². The quantitative estimate of drug-likeness (QED) is 0.493. The summed E-state index contributed by atoms with van der Waals surface area (Å²) in [6, 6.07) is 3.44. The molecule has 3 heterocycles. The normalized spacial score (nSPS) is 24.6. The van der Waals surface area contributed by atoms with Gasteiger partial charge in [0.1, 0.15) is 11.9 Å². The summed E-state index contributed by atoms with van der Waals surface area (Å²) in [4.78, 5) is 29.0. The second-order valence-electron chi connectivity index (χ2n) is 10.0. The van der Waals surface area contributed by atoms with E-state index in [2.05, 4.69) is 22.8 Å². The molecule has 0 spiro atoms. The van der Waals surface area contributed by atoms with Crippen molar-refractivity contribution < 1.29 is 24.2 Å². The molecule has 1 saturated carbocycles. The summed E-state index contributed by atoms with van der Waals surface area (Å²) in [7, 11) is 0. The van der Waals surface area contributed by atoms with Gasteiger partial charge < -0.3 is 25.2 Å². The molecule has 2 aliphatic heterocycles. The fourth-order valence-corrected chi connectivity index (χ4v) is 4.90. The highest BCUT2D eigenvalue weighted by Crippen LogP contribution is 2.34. The Kier molecular flexibility index (Phi) is 7.86. The van der Waals surface area contributed by atoms with E-state index in [9.17, 15) is 14.7 Å². The first-order valence-electron chi connectivity index (χ1n) is 12.4. The Morgan fingerprint density at radius 2 is 2.12 bits per heavy atom. The molecule has 0 radical (unpaired) electrons. The number of aliphatic carboxylic acids is 1. The summed E-state index contributed by atoms with van der Waals surface area (Å²) < 4.78 is 11.2. The molecular formula is C25H37N3O5. The number of carboxylic acids is 1. The van der Waals surface area contributed by atoms with Crippen LogP contribution in [0.5, 0.6) is 0 Å². The smallest absolute Gasteiger partial charge is 0.326 e. The lowest BCUT2D eigenvalue weighted by Crippen LogP contribution is -2.49. The number of aromatic nitrogens is 1. The van der Waals surface area contributed by atoms with Crippen LogP contribution in [-0.4, -0.2) is 60.5 Å². The molecule has 182 valence electrons. The van der Waals surface area contributed by atoms with Crippen LogP contribution in [0.3, 0.4) is 0 Å². The molecule has 33 heavy (non-hydrogen) atoms. The van der Waals surface area contributed by atoms with E-state index < -0.39 is 17.4 Å². The van der Waals surface area contributed by atoms with Crippen LogP contribution in [0.15, 0.2) is 12.1 Å². The van der Waals surface area contributed by atoms with Gasteiger partial charge in [-0.25, -0.2) is 9.78 Å². The molecule has 1 aromatic rings. The van der Waals surface area contributed by atoms with Gasteiger partial charge in [-0.1, -0.05) is 13.0 Å². The van der Waals surface area contributed by atoms with Gasteiger partial charge in [-0.05, 0) is 68.9 Å². The summed E-state index contributed by atoms with van der Waals surface area (Å²) >= 11 is 0. The summed E-state index contributed by atoms with van der Waals surface area (Å²) in [5.74, 6) is 0.470. The van der Waals surface area contributed by atoms with Crippen LogP contribution in [0.4, 0.5) is 5.82 Å². The summed E-state index contributed by atoms with van der Waals surface area (Å²) in [5, 5.41) is 15.6. The van der Waals surface area contributed by atoms with Gasteiger partial charge in [0, 0.05) is 38.5 Å². The van der Waals surface area contributed by atoms with Crippen molar-refractivity contribution in [3.63, 3.8) is 0 Å². The minimum Gasteiger partial charge on any atom is -0.480 e. The number of amides is 1. The Hall–Kier alpha value is -2.19. The Bertz CT molecular complexity index is 833. The molecule has 4 rings (SSSR count). The first kappa shape index (κ1) is 24.0. The number of hydrogen-bond donors (Lipinski definition) is 3. The minimum absolute atomic E-state index is 0.186. The number of nitrogens with one attached hydrogen (secondary N) is 2. The second kappa shape index (κ2) is 10.8. The van der Waals surface area contributed by atoms with Gasteiger partial charge in [-0.2, -0.15) is 0 Å². The molecule has 8 nitrogen and oxygen atoms in total. The lowest BCUT2D eigenvalue weighted by molar-refractivity contribution is -0.146. The molecule has 0 bridgehead atoms. The third-order valence-electron chi connectivity index (χ3n) is 7.46. The third kappa shape index (κ3) is 6.23. The molecule has 8 heteroatoms. The SMILES string of the molecule is CC1(C(=O)N[C@@H](CCOC2CC(CCc3ccc4c(n3)NCCC4)C2)C(=O)O)CCOCC1. The highest BCUT2D eigenvalue weighted by molar-refractivity contribution is 5.87. The largest absolute Gasteiger partial charge is 0.480 e. The zero-order valence-electron chi connectivity index (χ0n) is 19.6. The second-order valence-corrected chi connectivity index (χ2v) is 10.0. The summed E-state index contributed by atoms with van der Waals surface area (Å²) in [6.07, 6.45) is 8.06. The lowest BCUT2D eigenvalue weighted by Gasteiger charge is -2.36. The van der Waals surface area contributed by atoms with E-state index in [0.29, 0.717) is 38.6 Å². The maximum absolute atomic E-state index is 12.6. The van der Waals surface area contributed by atoms with Gasteiger partial charge in [-0.3, -0.25) is 4.79 Å². The first-order valence-corrected chi connectivity index (χ1v) is 12.4. The van der Waals surface area contributed by atoms with E-state index in [1.807, 2.05) is 6.92 Å². The van der Waals surface area contributed by atoms with Crippen LogP contribution < -0.4 is 10.6 Å². The van der Waals surface area contributed by atoms with E-state index >= 15 is 0 Å². The zero-order chi connectivity index (χ0) is 23.3. The van der Waals surface area contributed by atoms with E-state index in [4.69, 9.17) is 14.5 Å². The first-order chi connectivity index (χ1) is 15.9. The Morgan fingerprint density at radius 1 is 1.33 bits per heavy atom. The van der Waals surface area contributed by atoms with Crippen molar-refractivity contribution in [2.45, 2.75) is 76.9 Å². The Labute approximate surface area is 195 Å². The Balaban J connectivity index is 1.13. The molecule has 1 saturated heterocycles. The molecule has 0 unspecified atom stereocenters. The average Bonchev–Trinajstić information content (AvgIpc) is 2.79. The van der Waals surface area contributed by atoms with Gasteiger partial charge in [0.15, 0.2) is 0 Å². The van der Waals surface area contributed by atoms with E-state index in [0.717, 1.165) is 50.2 Å². The van der Waals surface area contributed by atoms with Crippen LogP contribution in [0.25, 0.3) is 0 Å². The number of fused-ring (bicyclic) bond motifs is 1. The Morgan fingerprint density at radius 3 is 2.88 bits per heavy atom. The topological polar surface area (TPSA) is 110 Å². The molecule has 3 aliphatic rings. The number of ether oxygens (including phenoxy) is 2. The van der Waals surface area contributed by atoms with E-state index in [1.165, 1.54) is 12.0 Å². The van der Waals surface area contributed by atoms with E-state index in [-0.39, 0.29) is 18.4 Å². The van der Waals surface area contributed by atoms with Gasteiger partial charge in [-0.15, -0.1) is 0 Å². The van der Waals surface area contributed by atoms with Crippen LogP contribution >= 0.6 is 0 Å². The highest BCUT2D eigenvalue weighted by Gasteiger charge is 2.37. The number of carbonyl (C=O) groups is 2. The van der Waals surface area contributed by atoms with Crippen molar-refractivity contribution in [1.29, 1.82) is 0 Å². The maximum Gasteiger partial charge on any atom is 0.326 e. The standard InChI is InChI=1S/C25H37N3O5/c1-25(9-13-32-14-10-25)24(31)28-21(23(29)30)8-12-33-20-15-17(16-20)4-6-19-7-5-18-3-2-11-26-22(18)27-19/h5,7,17,20-21H,2-4,6,8-16H2,1H3,(H,26,27)(H,28,31)(H,29,30)/t17?,20?,21-/m0/s1. The fraction of sp³-hybridized carbons (Fsp3) is 0.720. The van der Waals surface area contributed by atoms with Gasteiger partial charge in [0.25, 0.3) is 0 Å². The molecule has 1 atom stereocenters. The average molecular weight is 460 g/mol. The molecule has 1 amide bonds. The number of hydrogen-bond acceptors (Lipinski definition) is 6. The molecule has 1 aromatic heterocycles. The van der Waals surface area contributed by atoms with Crippen LogP contribution in [-0.2, 0) is 31.9 Å². The van der Waals surface area contributed by atoms with Crippen LogP contribution in [0, 0.1) is 11.3 Å². The van der Waals surface area contributed by atoms with Crippen molar-refractivity contribution in [3.8, 4) is 0 Å². The van der Waals surface area contributed by atoms with Crippen molar-refractivity contribution in [3.05, 3.63) is 23.4 Å². The highest BCUT2D eigenvalue weighted by atomic mass is 16.5. The van der Waals surface area contributed by atoms with Crippen LogP contribution in [0.1, 0.15) is 63.1 Å². The summed E-state index contributed by atoms with van der Waals surface area (Å²) in [5.41, 5.74) is 1.90. The number of anilines is 1. The number of rotatable bonds is 10. The number of carbonyl (C=O) groups excluding carboxylic acids is 1. The van der Waals surface area contributed by atoms with Crippen molar-refractivity contribution in [2.75, 3.05) is 31.7 Å². The minimum atomic E-state index is -1.01. The zero-order valence-corrected chi connectivity index (χ0v) is 19.6. The van der Waals surface area contributed by atoms with Crippen molar-refractivity contribution >= 4 is 17.7 Å². The maximum atomic E-state index is 12.6. The van der Waals surface area contributed by atoms with Gasteiger partial charge in [0.05, 0.1) is 11.5 Å². The number of nitrogens with zero attached hydrogens (tertiary/aromatic N) is 1.